The first-order valence-corrected chi connectivity index (χ1v) is 4.30. The molecule has 0 N–H and O–H groups in total. The van der Waals surface area contributed by atoms with Gasteiger partial charge >= 0.3 is 0 Å². The van der Waals surface area contributed by atoms with Gasteiger partial charge in [0.15, 0.2) is 0 Å². The molecule has 1 aromatic heterocycles. The van der Waals surface area contributed by atoms with E-state index in [0.717, 1.165) is 16.5 Å². The highest BCUT2D eigenvalue weighted by molar-refractivity contribution is 5.80. The molecule has 0 bridgehead atoms. The molecule has 2 aromatic rings. The van der Waals surface area contributed by atoms with E-state index in [2.05, 4.69) is 11.9 Å². The average Bonchev–Trinajstić information content (AvgIpc) is 2.17. The van der Waals surface area contributed by atoms with Crippen LogP contribution in [0.1, 0.15) is 5.56 Å². The molecule has 1 aromatic carbocycles. The van der Waals surface area contributed by atoms with Crippen LogP contribution in [0.4, 0.5) is 4.39 Å². The largest absolute Gasteiger partial charge is 0.256 e. The second-order valence-electron chi connectivity index (χ2n) is 3.05. The summed E-state index contributed by atoms with van der Waals surface area (Å²) in [6.07, 6.45) is 2.99. The second kappa shape index (κ2) is 3.58. The van der Waals surface area contributed by atoms with Gasteiger partial charge in [0, 0.05) is 18.5 Å². The van der Waals surface area contributed by atoms with Crippen LogP contribution in [0.3, 0.4) is 0 Å². The molecular weight excluding hydrogens is 177 g/mol. The van der Waals surface area contributed by atoms with E-state index in [1.807, 2.05) is 30.3 Å². The highest BCUT2D eigenvalue weighted by Crippen LogP contribution is 2.14. The van der Waals surface area contributed by atoms with Gasteiger partial charge in [0.2, 0.25) is 0 Å². The third kappa shape index (κ3) is 1.79. The van der Waals surface area contributed by atoms with Gasteiger partial charge in [-0.3, -0.25) is 4.98 Å². The number of allylic oxidation sites excluding steroid dienone is 1. The minimum atomic E-state index is -0.456. The molecule has 2 heteroatoms. The molecule has 0 spiro atoms. The van der Waals surface area contributed by atoms with Crippen LogP contribution >= 0.6 is 0 Å². The van der Waals surface area contributed by atoms with Gasteiger partial charge in [0.05, 0.1) is 5.52 Å². The maximum atomic E-state index is 12.5. The summed E-state index contributed by atoms with van der Waals surface area (Å²) in [5, 5.41) is 1.00. The van der Waals surface area contributed by atoms with Gasteiger partial charge < -0.3 is 0 Å². The van der Waals surface area contributed by atoms with Crippen LogP contribution in [0, 0.1) is 6.92 Å². The van der Waals surface area contributed by atoms with Crippen molar-refractivity contribution in [2.24, 2.45) is 0 Å². The summed E-state index contributed by atoms with van der Waals surface area (Å²) in [6.45, 7) is 3.18. The van der Waals surface area contributed by atoms with Gasteiger partial charge in [0.1, 0.15) is 5.83 Å². The molecule has 0 fully saturated rings. The summed E-state index contributed by atoms with van der Waals surface area (Å²) < 4.78 is 12.5. The lowest BCUT2D eigenvalue weighted by molar-refractivity contribution is 0.673. The fourth-order valence-corrected chi connectivity index (χ4v) is 1.35. The molecule has 0 unspecified atom stereocenters. The predicted octanol–water partition coefficient (Wildman–Crippen LogP) is 3.38. The molecule has 0 saturated carbocycles. The smallest absolute Gasteiger partial charge is 0.101 e. The van der Waals surface area contributed by atoms with Crippen molar-refractivity contribution in [3.63, 3.8) is 0 Å². The number of halogens is 1. The predicted molar refractivity (Wildman–Crippen MR) is 56.2 cm³/mol. The number of fused-ring (bicyclic) bond motifs is 1. The van der Waals surface area contributed by atoms with E-state index in [0.29, 0.717) is 0 Å². The molecular formula is C12H9FN. The first-order valence-electron chi connectivity index (χ1n) is 4.30. The molecule has 2 rings (SSSR count). The van der Waals surface area contributed by atoms with Crippen molar-refractivity contribution in [1.82, 2.24) is 4.98 Å². The molecule has 0 aliphatic rings. The normalized spacial score (nSPS) is 12.0. The Kier molecular flexibility index (Phi) is 2.27. The van der Waals surface area contributed by atoms with Gasteiger partial charge in [-0.1, -0.05) is 18.2 Å². The third-order valence-electron chi connectivity index (χ3n) is 1.93. The number of hydrogen-bond acceptors (Lipinski definition) is 1. The molecule has 0 atom stereocenters. The summed E-state index contributed by atoms with van der Waals surface area (Å²) in [5.74, 6) is -0.456. The van der Waals surface area contributed by atoms with Crippen LogP contribution in [0.2, 0.25) is 0 Å². The lowest BCUT2D eigenvalue weighted by Crippen LogP contribution is -1.80. The summed E-state index contributed by atoms with van der Waals surface area (Å²) in [4.78, 5) is 4.20. The quantitative estimate of drug-likeness (QED) is 0.665. The highest BCUT2D eigenvalue weighted by atomic mass is 19.1. The zero-order valence-electron chi connectivity index (χ0n) is 7.57. The van der Waals surface area contributed by atoms with Crippen LogP contribution < -0.4 is 0 Å². The summed E-state index contributed by atoms with van der Waals surface area (Å²) >= 11 is 0. The fraction of sp³-hybridized carbons (Fsp3) is 0. The van der Waals surface area contributed by atoms with Crippen LogP contribution in [0.5, 0.6) is 0 Å². The minimum absolute atomic E-state index is 0.456. The number of pyridine rings is 1. The van der Waals surface area contributed by atoms with E-state index in [1.165, 1.54) is 6.08 Å². The SMILES string of the molecule is [CH2]/C(F)=C/c1cnc2ccccc2c1. The molecule has 14 heavy (non-hydrogen) atoms. The standard InChI is InChI=1S/C12H9FN/c1-9(13)6-10-7-11-4-2-3-5-12(11)14-8-10/h2-8H,1H2/b9-6-. The summed E-state index contributed by atoms with van der Waals surface area (Å²) in [5.41, 5.74) is 1.64. The van der Waals surface area contributed by atoms with Crippen molar-refractivity contribution < 1.29 is 4.39 Å². The van der Waals surface area contributed by atoms with E-state index in [-0.39, 0.29) is 0 Å². The first kappa shape index (κ1) is 8.88. The van der Waals surface area contributed by atoms with Crippen molar-refractivity contribution in [3.05, 3.63) is 54.8 Å². The second-order valence-corrected chi connectivity index (χ2v) is 3.05. The van der Waals surface area contributed by atoms with Crippen molar-refractivity contribution >= 4 is 17.0 Å². The summed E-state index contributed by atoms with van der Waals surface area (Å²) in [6, 6.07) is 9.60. The Morgan fingerprint density at radius 1 is 1.36 bits per heavy atom. The molecule has 0 saturated heterocycles. The molecule has 0 aliphatic carbocycles. The lowest BCUT2D eigenvalue weighted by Gasteiger charge is -1.97. The Morgan fingerprint density at radius 2 is 2.14 bits per heavy atom. The highest BCUT2D eigenvalue weighted by Gasteiger charge is 1.95. The Hall–Kier alpha value is -1.70. The Balaban J connectivity index is 2.57. The van der Waals surface area contributed by atoms with Crippen molar-refractivity contribution in [3.8, 4) is 0 Å². The van der Waals surface area contributed by atoms with Crippen molar-refractivity contribution in [2.45, 2.75) is 0 Å². The van der Waals surface area contributed by atoms with E-state index >= 15 is 0 Å². The molecule has 1 radical (unpaired) electrons. The number of rotatable bonds is 1. The topological polar surface area (TPSA) is 12.9 Å². The number of benzene rings is 1. The third-order valence-corrected chi connectivity index (χ3v) is 1.93. The number of hydrogen-bond donors (Lipinski definition) is 0. The van der Waals surface area contributed by atoms with Gasteiger partial charge in [-0.25, -0.2) is 4.39 Å². The van der Waals surface area contributed by atoms with Gasteiger partial charge in [-0.2, -0.15) is 0 Å². The summed E-state index contributed by atoms with van der Waals surface area (Å²) in [7, 11) is 0. The maximum absolute atomic E-state index is 12.5. The monoisotopic (exact) mass is 186 g/mol. The molecule has 69 valence electrons. The lowest BCUT2D eigenvalue weighted by atomic mass is 10.1. The molecule has 1 heterocycles. The molecule has 1 nitrogen and oxygen atoms in total. The van der Waals surface area contributed by atoms with Crippen LogP contribution in [0.15, 0.2) is 42.4 Å². The maximum Gasteiger partial charge on any atom is 0.101 e. The van der Waals surface area contributed by atoms with Gasteiger partial charge in [-0.05, 0) is 23.8 Å². The van der Waals surface area contributed by atoms with Crippen LogP contribution in [-0.4, -0.2) is 4.98 Å². The molecule has 0 amide bonds. The number of nitrogens with zero attached hydrogens (tertiary/aromatic N) is 1. The van der Waals surface area contributed by atoms with Crippen molar-refractivity contribution in [1.29, 1.82) is 0 Å². The number of aromatic nitrogens is 1. The van der Waals surface area contributed by atoms with Gasteiger partial charge in [0.25, 0.3) is 0 Å². The first-order chi connectivity index (χ1) is 6.75. The van der Waals surface area contributed by atoms with Gasteiger partial charge in [-0.15, -0.1) is 0 Å². The van der Waals surface area contributed by atoms with Crippen molar-refractivity contribution in [2.75, 3.05) is 0 Å². The van der Waals surface area contributed by atoms with Crippen LogP contribution in [-0.2, 0) is 0 Å². The minimum Gasteiger partial charge on any atom is -0.256 e. The Bertz CT molecular complexity index is 484. The van der Waals surface area contributed by atoms with E-state index in [9.17, 15) is 4.39 Å². The number of para-hydroxylation sites is 1. The Morgan fingerprint density at radius 3 is 2.93 bits per heavy atom. The fourth-order valence-electron chi connectivity index (χ4n) is 1.35. The zero-order valence-corrected chi connectivity index (χ0v) is 7.57. The molecule has 0 aliphatic heterocycles. The van der Waals surface area contributed by atoms with E-state index < -0.39 is 5.83 Å². The average molecular weight is 186 g/mol. The Labute approximate surface area is 81.9 Å². The zero-order chi connectivity index (χ0) is 9.97. The van der Waals surface area contributed by atoms with Crippen LogP contribution in [0.25, 0.3) is 17.0 Å². The van der Waals surface area contributed by atoms with E-state index in [4.69, 9.17) is 0 Å². The van der Waals surface area contributed by atoms with E-state index in [1.54, 1.807) is 6.20 Å².